The minimum atomic E-state index is -0.480. The van der Waals surface area contributed by atoms with Crippen molar-refractivity contribution in [3.05, 3.63) is 47.2 Å². The lowest BCUT2D eigenvalue weighted by molar-refractivity contribution is -0.946. The van der Waals surface area contributed by atoms with Gasteiger partial charge in [-0.15, -0.1) is 0 Å². The molecule has 1 unspecified atom stereocenters. The van der Waals surface area contributed by atoms with Gasteiger partial charge in [0.2, 0.25) is 0 Å². The van der Waals surface area contributed by atoms with Crippen LogP contribution in [0.15, 0.2) is 41.7 Å². The van der Waals surface area contributed by atoms with Crippen molar-refractivity contribution in [2.45, 2.75) is 13.0 Å². The number of hydrogen-bond donors (Lipinski definition) is 3. The molecule has 0 radical (unpaired) electrons. The highest BCUT2D eigenvalue weighted by Gasteiger charge is 2.42. The van der Waals surface area contributed by atoms with Gasteiger partial charge in [0.25, 0.3) is 5.91 Å². The summed E-state index contributed by atoms with van der Waals surface area (Å²) in [6.07, 6.45) is 0. The molecule has 0 aliphatic carbocycles. The molecule has 2 aliphatic rings. The molecule has 2 heterocycles. The van der Waals surface area contributed by atoms with Crippen LogP contribution in [0.3, 0.4) is 0 Å². The second-order valence-corrected chi connectivity index (χ2v) is 6.50. The third kappa shape index (κ3) is 3.20. The van der Waals surface area contributed by atoms with Crippen molar-refractivity contribution in [2.75, 3.05) is 39.3 Å². The molecule has 0 bridgehead atoms. The van der Waals surface area contributed by atoms with Crippen molar-refractivity contribution < 1.29 is 24.9 Å². The molecule has 3 rings (SSSR count). The Hall–Kier alpha value is -2.18. The second-order valence-electron chi connectivity index (χ2n) is 6.50. The largest absolute Gasteiger partial charge is 0.503 e. The van der Waals surface area contributed by atoms with E-state index in [4.69, 9.17) is 0 Å². The molecule has 1 atom stereocenters. The number of nitrogens with zero attached hydrogens (tertiary/aromatic N) is 1. The maximum Gasteiger partial charge on any atom is 0.290 e. The van der Waals surface area contributed by atoms with Crippen molar-refractivity contribution >= 4 is 11.7 Å². The normalized spacial score (nSPS) is 22.3. The fraction of sp³-hybridized carbons (Fsp3) is 0.444. The first-order valence-electron chi connectivity index (χ1n) is 8.55. The number of amides is 1. The highest BCUT2D eigenvalue weighted by Crippen LogP contribution is 2.37. The molecule has 0 saturated carbocycles. The van der Waals surface area contributed by atoms with E-state index in [-0.39, 0.29) is 11.4 Å². The quantitative estimate of drug-likeness (QED) is 0.610. The van der Waals surface area contributed by atoms with Crippen molar-refractivity contribution in [1.29, 1.82) is 0 Å². The number of rotatable bonds is 5. The molecule has 0 aromatic heterocycles. The number of carbonyl (C=O) groups excluding carboxylic acids is 2. The molecule has 6 nitrogen and oxygen atoms in total. The summed E-state index contributed by atoms with van der Waals surface area (Å²) in [5, 5.41) is 12.5. The van der Waals surface area contributed by atoms with E-state index in [1.54, 1.807) is 4.90 Å². The van der Waals surface area contributed by atoms with Crippen LogP contribution in [0.4, 0.5) is 0 Å². The minimum absolute atomic E-state index is 0.216. The lowest BCUT2D eigenvalue weighted by Gasteiger charge is -2.29. The predicted molar refractivity (Wildman–Crippen MR) is 88.5 cm³/mol. The van der Waals surface area contributed by atoms with Gasteiger partial charge in [-0.1, -0.05) is 30.3 Å². The number of aliphatic hydroxyl groups is 1. The Balaban J connectivity index is 1.83. The van der Waals surface area contributed by atoms with Gasteiger partial charge in [0.1, 0.15) is 26.2 Å². The van der Waals surface area contributed by atoms with Crippen LogP contribution < -0.4 is 10.2 Å². The van der Waals surface area contributed by atoms with E-state index in [1.165, 1.54) is 11.8 Å². The number of quaternary nitrogens is 2. The SMILES string of the molecule is CC(=O)C1=C(O)C(=O)N(CC[NH+]2CC[NH2+]CC2)C1c1ccccc1. The maximum absolute atomic E-state index is 12.5. The molecule has 2 aliphatic heterocycles. The van der Waals surface area contributed by atoms with Crippen molar-refractivity contribution in [3.63, 3.8) is 0 Å². The van der Waals surface area contributed by atoms with Crippen LogP contribution >= 0.6 is 0 Å². The number of carbonyl (C=O) groups is 2. The zero-order valence-electron chi connectivity index (χ0n) is 14.0. The number of nitrogens with two attached hydrogens (primary N) is 1. The first-order chi connectivity index (χ1) is 11.6. The summed E-state index contributed by atoms with van der Waals surface area (Å²) in [5.41, 5.74) is 1.08. The molecule has 24 heavy (non-hydrogen) atoms. The highest BCUT2D eigenvalue weighted by molar-refractivity contribution is 6.08. The summed E-state index contributed by atoms with van der Waals surface area (Å²) >= 11 is 0. The Morgan fingerprint density at radius 1 is 1.29 bits per heavy atom. The Bertz CT molecular complexity index is 651. The highest BCUT2D eigenvalue weighted by atomic mass is 16.3. The topological polar surface area (TPSA) is 78.7 Å². The van der Waals surface area contributed by atoms with E-state index in [0.717, 1.165) is 38.3 Å². The van der Waals surface area contributed by atoms with E-state index < -0.39 is 17.7 Å². The predicted octanol–water partition coefficient (Wildman–Crippen LogP) is -1.57. The number of ketones is 1. The van der Waals surface area contributed by atoms with Crippen LogP contribution in [0.1, 0.15) is 18.5 Å². The molecule has 4 N–H and O–H groups in total. The average Bonchev–Trinajstić information content (AvgIpc) is 2.86. The molecule has 1 saturated heterocycles. The monoisotopic (exact) mass is 331 g/mol. The number of nitrogens with one attached hydrogen (secondary N) is 1. The standard InChI is InChI=1S/C18H23N3O3/c1-13(22)15-16(14-5-3-2-4-6-14)21(18(24)17(15)23)12-11-20-9-7-19-8-10-20/h2-6,16,19,23H,7-12H2,1H3/p+2. The maximum atomic E-state index is 12.5. The van der Waals surface area contributed by atoms with Crippen LogP contribution in [-0.2, 0) is 9.59 Å². The van der Waals surface area contributed by atoms with Gasteiger partial charge in [0, 0.05) is 0 Å². The second kappa shape index (κ2) is 7.15. The number of piperazine rings is 1. The third-order valence-corrected chi connectivity index (χ3v) is 4.91. The van der Waals surface area contributed by atoms with Crippen LogP contribution in [0.2, 0.25) is 0 Å². The van der Waals surface area contributed by atoms with E-state index in [2.05, 4.69) is 5.32 Å². The van der Waals surface area contributed by atoms with Crippen molar-refractivity contribution in [1.82, 2.24) is 4.90 Å². The Morgan fingerprint density at radius 2 is 1.96 bits per heavy atom. The number of hydrogen-bond acceptors (Lipinski definition) is 3. The van der Waals surface area contributed by atoms with Gasteiger partial charge < -0.3 is 20.2 Å². The van der Waals surface area contributed by atoms with Gasteiger partial charge in [0.05, 0.1) is 24.7 Å². The van der Waals surface area contributed by atoms with Gasteiger partial charge in [-0.3, -0.25) is 9.59 Å². The van der Waals surface area contributed by atoms with Crippen LogP contribution in [-0.4, -0.2) is 61.0 Å². The summed E-state index contributed by atoms with van der Waals surface area (Å²) in [5.74, 6) is -1.08. The number of aliphatic hydroxyl groups excluding tert-OH is 1. The number of benzene rings is 1. The van der Waals surface area contributed by atoms with Gasteiger partial charge >= 0.3 is 0 Å². The average molecular weight is 331 g/mol. The van der Waals surface area contributed by atoms with Crippen LogP contribution in [0.5, 0.6) is 0 Å². The zero-order chi connectivity index (χ0) is 17.1. The number of Topliss-reactive ketones (excluding diaryl/α,β-unsaturated/α-hetero) is 1. The summed E-state index contributed by atoms with van der Waals surface area (Å²) in [7, 11) is 0. The molecule has 6 heteroatoms. The van der Waals surface area contributed by atoms with E-state index in [0.29, 0.717) is 6.54 Å². The van der Waals surface area contributed by atoms with Crippen LogP contribution in [0.25, 0.3) is 0 Å². The fourth-order valence-electron chi connectivity index (χ4n) is 3.64. The molecule has 1 fully saturated rings. The first-order valence-corrected chi connectivity index (χ1v) is 8.55. The molecule has 128 valence electrons. The van der Waals surface area contributed by atoms with E-state index in [9.17, 15) is 14.7 Å². The summed E-state index contributed by atoms with van der Waals surface area (Å²) in [6.45, 7) is 7.15. The van der Waals surface area contributed by atoms with Crippen LogP contribution in [0, 0.1) is 0 Å². The van der Waals surface area contributed by atoms with Gasteiger partial charge in [0.15, 0.2) is 11.5 Å². The fourth-order valence-corrected chi connectivity index (χ4v) is 3.64. The summed E-state index contributed by atoms with van der Waals surface area (Å²) in [4.78, 5) is 27.7. The lowest BCUT2D eigenvalue weighted by atomic mass is 9.97. The molecular formula is C18H25N3O3+2. The minimum Gasteiger partial charge on any atom is -0.503 e. The van der Waals surface area contributed by atoms with Gasteiger partial charge in [-0.2, -0.15) is 0 Å². The van der Waals surface area contributed by atoms with Gasteiger partial charge in [-0.05, 0) is 12.5 Å². The van der Waals surface area contributed by atoms with Crippen molar-refractivity contribution in [2.24, 2.45) is 0 Å². The molecule has 0 spiro atoms. The van der Waals surface area contributed by atoms with E-state index in [1.807, 2.05) is 30.3 Å². The summed E-state index contributed by atoms with van der Waals surface area (Å²) in [6, 6.07) is 8.99. The Labute approximate surface area is 141 Å². The summed E-state index contributed by atoms with van der Waals surface area (Å²) < 4.78 is 0. The van der Waals surface area contributed by atoms with E-state index >= 15 is 0 Å². The molecular weight excluding hydrogens is 306 g/mol. The molecule has 1 aromatic carbocycles. The molecule has 1 aromatic rings. The lowest BCUT2D eigenvalue weighted by Crippen LogP contribution is -3.20. The first kappa shape index (κ1) is 16.7. The van der Waals surface area contributed by atoms with Gasteiger partial charge in [-0.25, -0.2) is 0 Å². The Kier molecular flexibility index (Phi) is 4.97. The smallest absolute Gasteiger partial charge is 0.290 e. The zero-order valence-corrected chi connectivity index (χ0v) is 14.0. The molecule has 1 amide bonds. The third-order valence-electron chi connectivity index (χ3n) is 4.91. The van der Waals surface area contributed by atoms with Crippen molar-refractivity contribution in [3.8, 4) is 0 Å². The Morgan fingerprint density at radius 3 is 2.58 bits per heavy atom.